The van der Waals surface area contributed by atoms with Crippen molar-refractivity contribution in [1.29, 1.82) is 0 Å². The number of benzene rings is 1. The Balaban J connectivity index is 1.97. The van der Waals surface area contributed by atoms with Crippen LogP contribution < -0.4 is 10.1 Å². The van der Waals surface area contributed by atoms with E-state index in [1.54, 1.807) is 0 Å². The first-order valence-electron chi connectivity index (χ1n) is 5.70. The van der Waals surface area contributed by atoms with Crippen molar-refractivity contribution in [3.63, 3.8) is 0 Å². The molecule has 0 radical (unpaired) electrons. The van der Waals surface area contributed by atoms with Crippen molar-refractivity contribution in [2.45, 2.75) is 32.7 Å². The Morgan fingerprint density at radius 2 is 2.07 bits per heavy atom. The van der Waals surface area contributed by atoms with E-state index in [1.807, 2.05) is 0 Å². The highest BCUT2D eigenvalue weighted by molar-refractivity contribution is 5.39. The maximum Gasteiger partial charge on any atom is 0.125 e. The number of hydrogen-bond acceptors (Lipinski definition) is 2. The molecule has 1 saturated heterocycles. The molecule has 0 amide bonds. The van der Waals surface area contributed by atoms with E-state index < -0.39 is 0 Å². The topological polar surface area (TPSA) is 21.3 Å². The standard InChI is InChI=1S/C13H19NO/c1-10-5-3-6-11(2)13(10)15-9-12-7-4-8-14-12/h3,5-6,12,14H,4,7-9H2,1-2H3. The molecule has 0 spiro atoms. The summed E-state index contributed by atoms with van der Waals surface area (Å²) in [5.74, 6) is 1.06. The van der Waals surface area contributed by atoms with E-state index in [0.29, 0.717) is 6.04 Å². The molecule has 0 aromatic heterocycles. The molecule has 1 aromatic rings. The normalized spacial score (nSPS) is 20.5. The summed E-state index contributed by atoms with van der Waals surface area (Å²) in [6.07, 6.45) is 2.52. The summed E-state index contributed by atoms with van der Waals surface area (Å²) in [7, 11) is 0. The van der Waals surface area contributed by atoms with E-state index in [2.05, 4.69) is 37.4 Å². The molecule has 0 aliphatic carbocycles. The average molecular weight is 205 g/mol. The first-order valence-corrected chi connectivity index (χ1v) is 5.70. The van der Waals surface area contributed by atoms with Crippen LogP contribution in [0.1, 0.15) is 24.0 Å². The van der Waals surface area contributed by atoms with Gasteiger partial charge in [-0.1, -0.05) is 18.2 Å². The van der Waals surface area contributed by atoms with Crippen LogP contribution in [0.2, 0.25) is 0 Å². The Bertz CT molecular complexity index is 309. The molecule has 1 aliphatic rings. The van der Waals surface area contributed by atoms with Gasteiger partial charge in [0.1, 0.15) is 12.4 Å². The van der Waals surface area contributed by atoms with Gasteiger partial charge < -0.3 is 10.1 Å². The molecule has 2 heteroatoms. The zero-order chi connectivity index (χ0) is 10.7. The highest BCUT2D eigenvalue weighted by Crippen LogP contribution is 2.22. The quantitative estimate of drug-likeness (QED) is 0.818. The molecule has 1 unspecified atom stereocenters. The molecule has 15 heavy (non-hydrogen) atoms. The first-order chi connectivity index (χ1) is 7.27. The van der Waals surface area contributed by atoms with Gasteiger partial charge >= 0.3 is 0 Å². The van der Waals surface area contributed by atoms with Crippen LogP contribution in [0.25, 0.3) is 0 Å². The number of hydrogen-bond donors (Lipinski definition) is 1. The van der Waals surface area contributed by atoms with Crippen LogP contribution in [0, 0.1) is 13.8 Å². The van der Waals surface area contributed by atoms with Crippen molar-refractivity contribution in [1.82, 2.24) is 5.32 Å². The summed E-state index contributed by atoms with van der Waals surface area (Å²) in [4.78, 5) is 0. The summed E-state index contributed by atoms with van der Waals surface area (Å²) in [6.45, 7) is 6.14. The van der Waals surface area contributed by atoms with Crippen LogP contribution in [0.5, 0.6) is 5.75 Å². The Morgan fingerprint density at radius 1 is 1.33 bits per heavy atom. The van der Waals surface area contributed by atoms with Crippen molar-refractivity contribution in [3.8, 4) is 5.75 Å². The van der Waals surface area contributed by atoms with Crippen LogP contribution in [0.3, 0.4) is 0 Å². The molecule has 0 saturated carbocycles. The lowest BCUT2D eigenvalue weighted by atomic mass is 10.1. The van der Waals surface area contributed by atoms with Gasteiger partial charge in [0, 0.05) is 6.04 Å². The number of para-hydroxylation sites is 1. The molecular formula is C13H19NO. The van der Waals surface area contributed by atoms with E-state index in [-0.39, 0.29) is 0 Å². The molecule has 1 heterocycles. The van der Waals surface area contributed by atoms with E-state index in [4.69, 9.17) is 4.74 Å². The Labute approximate surface area is 91.6 Å². The lowest BCUT2D eigenvalue weighted by molar-refractivity contribution is 0.274. The number of aryl methyl sites for hydroxylation is 2. The summed E-state index contributed by atoms with van der Waals surface area (Å²) in [5.41, 5.74) is 2.46. The summed E-state index contributed by atoms with van der Waals surface area (Å²) >= 11 is 0. The zero-order valence-corrected chi connectivity index (χ0v) is 9.55. The maximum absolute atomic E-state index is 5.89. The van der Waals surface area contributed by atoms with E-state index in [1.165, 1.54) is 24.0 Å². The van der Waals surface area contributed by atoms with Crippen molar-refractivity contribution in [2.24, 2.45) is 0 Å². The highest BCUT2D eigenvalue weighted by atomic mass is 16.5. The van der Waals surface area contributed by atoms with Crippen LogP contribution in [-0.2, 0) is 0 Å². The largest absolute Gasteiger partial charge is 0.491 e. The molecule has 1 atom stereocenters. The molecule has 1 fully saturated rings. The smallest absolute Gasteiger partial charge is 0.125 e. The van der Waals surface area contributed by atoms with E-state index in [9.17, 15) is 0 Å². The third-order valence-electron chi connectivity index (χ3n) is 3.00. The Hall–Kier alpha value is -1.02. The number of ether oxygens (including phenoxy) is 1. The predicted molar refractivity (Wildman–Crippen MR) is 62.4 cm³/mol. The fraction of sp³-hybridized carbons (Fsp3) is 0.538. The second-order valence-corrected chi connectivity index (χ2v) is 4.33. The van der Waals surface area contributed by atoms with Gasteiger partial charge in [0.05, 0.1) is 0 Å². The first kappa shape index (κ1) is 10.5. The van der Waals surface area contributed by atoms with Gasteiger partial charge in [-0.25, -0.2) is 0 Å². The van der Waals surface area contributed by atoms with Crippen molar-refractivity contribution >= 4 is 0 Å². The fourth-order valence-corrected chi connectivity index (χ4v) is 2.11. The minimum absolute atomic E-state index is 0.545. The predicted octanol–water partition coefficient (Wildman–Crippen LogP) is 2.43. The van der Waals surface area contributed by atoms with Gasteiger partial charge in [-0.05, 0) is 44.4 Å². The molecule has 2 nitrogen and oxygen atoms in total. The number of nitrogens with one attached hydrogen (secondary N) is 1. The third-order valence-corrected chi connectivity index (χ3v) is 3.00. The van der Waals surface area contributed by atoms with E-state index in [0.717, 1.165) is 18.9 Å². The monoisotopic (exact) mass is 205 g/mol. The van der Waals surface area contributed by atoms with Gasteiger partial charge in [0.15, 0.2) is 0 Å². The molecule has 0 bridgehead atoms. The zero-order valence-electron chi connectivity index (χ0n) is 9.55. The van der Waals surface area contributed by atoms with Crippen LogP contribution in [0.4, 0.5) is 0 Å². The van der Waals surface area contributed by atoms with Gasteiger partial charge in [0.25, 0.3) is 0 Å². The molecule has 2 rings (SSSR count). The molecule has 1 N–H and O–H groups in total. The molecule has 1 aliphatic heterocycles. The fourth-order valence-electron chi connectivity index (χ4n) is 2.11. The third kappa shape index (κ3) is 2.51. The van der Waals surface area contributed by atoms with Crippen molar-refractivity contribution < 1.29 is 4.74 Å². The van der Waals surface area contributed by atoms with Crippen LogP contribution in [-0.4, -0.2) is 19.2 Å². The summed E-state index contributed by atoms with van der Waals surface area (Å²) in [5, 5.41) is 3.44. The molecule has 82 valence electrons. The van der Waals surface area contributed by atoms with Crippen molar-refractivity contribution in [2.75, 3.05) is 13.2 Å². The van der Waals surface area contributed by atoms with Crippen molar-refractivity contribution in [3.05, 3.63) is 29.3 Å². The Kier molecular flexibility index (Phi) is 3.27. The minimum Gasteiger partial charge on any atom is -0.491 e. The summed E-state index contributed by atoms with van der Waals surface area (Å²) < 4.78 is 5.89. The van der Waals surface area contributed by atoms with Crippen LogP contribution >= 0.6 is 0 Å². The molecular weight excluding hydrogens is 186 g/mol. The van der Waals surface area contributed by atoms with Gasteiger partial charge in [-0.2, -0.15) is 0 Å². The Morgan fingerprint density at radius 3 is 2.67 bits per heavy atom. The second-order valence-electron chi connectivity index (χ2n) is 4.33. The number of rotatable bonds is 3. The summed E-state index contributed by atoms with van der Waals surface area (Å²) in [6, 6.07) is 6.82. The van der Waals surface area contributed by atoms with Crippen LogP contribution in [0.15, 0.2) is 18.2 Å². The lowest BCUT2D eigenvalue weighted by Crippen LogP contribution is -2.28. The lowest BCUT2D eigenvalue weighted by Gasteiger charge is -2.15. The SMILES string of the molecule is Cc1cccc(C)c1OCC1CCCN1. The molecule has 1 aromatic carbocycles. The van der Waals surface area contributed by atoms with Gasteiger partial charge in [-0.3, -0.25) is 0 Å². The minimum atomic E-state index is 0.545. The maximum atomic E-state index is 5.89. The van der Waals surface area contributed by atoms with E-state index >= 15 is 0 Å². The van der Waals surface area contributed by atoms with Gasteiger partial charge in [-0.15, -0.1) is 0 Å². The average Bonchev–Trinajstić information content (AvgIpc) is 2.70. The van der Waals surface area contributed by atoms with Gasteiger partial charge in [0.2, 0.25) is 0 Å². The highest BCUT2D eigenvalue weighted by Gasteiger charge is 2.15. The second kappa shape index (κ2) is 4.67.